The first-order chi connectivity index (χ1) is 13.8. The summed E-state index contributed by atoms with van der Waals surface area (Å²) in [6.45, 7) is 6.02. The number of aromatic nitrogens is 1. The summed E-state index contributed by atoms with van der Waals surface area (Å²) in [6.07, 6.45) is 1.53. The molecule has 3 rings (SSSR count). The number of hydrogen-bond acceptors (Lipinski definition) is 3. The fourth-order valence-electron chi connectivity index (χ4n) is 2.94. The van der Waals surface area contributed by atoms with E-state index >= 15 is 0 Å². The van der Waals surface area contributed by atoms with Crippen molar-refractivity contribution in [2.45, 2.75) is 20.8 Å². The maximum Gasteiger partial charge on any atom is 0.329 e. The van der Waals surface area contributed by atoms with E-state index in [9.17, 15) is 9.59 Å². The van der Waals surface area contributed by atoms with Gasteiger partial charge >= 0.3 is 11.8 Å². The standard InChI is InChI=1S/C22H21ClN4O2/c1-14-4-10-20(11-5-14)27-15(2)12-17(16(27)3)13-24-26-22(29)21(28)25-19-8-6-18(23)7-9-19/h4-13H,1-3H3,(H,25,28)(H,26,29). The minimum atomic E-state index is -0.858. The molecule has 0 unspecified atom stereocenters. The Balaban J connectivity index is 1.66. The van der Waals surface area contributed by atoms with Gasteiger partial charge in [0.05, 0.1) is 6.21 Å². The molecule has 0 aliphatic heterocycles. The van der Waals surface area contributed by atoms with Crippen molar-refractivity contribution >= 4 is 35.3 Å². The third kappa shape index (κ3) is 4.92. The highest BCUT2D eigenvalue weighted by Crippen LogP contribution is 2.20. The highest BCUT2D eigenvalue weighted by atomic mass is 35.5. The van der Waals surface area contributed by atoms with E-state index in [2.05, 4.69) is 44.7 Å². The summed E-state index contributed by atoms with van der Waals surface area (Å²) < 4.78 is 2.11. The zero-order valence-corrected chi connectivity index (χ0v) is 17.1. The van der Waals surface area contributed by atoms with Gasteiger partial charge in [-0.3, -0.25) is 9.59 Å². The van der Waals surface area contributed by atoms with Gasteiger partial charge in [0, 0.05) is 33.3 Å². The summed E-state index contributed by atoms with van der Waals surface area (Å²) in [7, 11) is 0. The van der Waals surface area contributed by atoms with E-state index in [1.165, 1.54) is 11.8 Å². The van der Waals surface area contributed by atoms with Crippen LogP contribution < -0.4 is 10.7 Å². The molecule has 1 aromatic heterocycles. The van der Waals surface area contributed by atoms with Crippen molar-refractivity contribution in [1.29, 1.82) is 0 Å². The number of carbonyl (C=O) groups excluding carboxylic acids is 2. The molecule has 7 heteroatoms. The molecule has 0 saturated heterocycles. The molecular weight excluding hydrogens is 388 g/mol. The van der Waals surface area contributed by atoms with E-state index in [4.69, 9.17) is 11.6 Å². The number of hydrazone groups is 1. The first-order valence-electron chi connectivity index (χ1n) is 9.01. The predicted molar refractivity (Wildman–Crippen MR) is 116 cm³/mol. The zero-order valence-electron chi connectivity index (χ0n) is 16.4. The largest absolute Gasteiger partial charge is 0.329 e. The van der Waals surface area contributed by atoms with Crippen LogP contribution in [0.3, 0.4) is 0 Å². The van der Waals surface area contributed by atoms with Crippen LogP contribution in [-0.2, 0) is 9.59 Å². The average Bonchev–Trinajstić information content (AvgIpc) is 2.97. The summed E-state index contributed by atoms with van der Waals surface area (Å²) >= 11 is 5.80. The molecule has 29 heavy (non-hydrogen) atoms. The van der Waals surface area contributed by atoms with Crippen LogP contribution in [0.2, 0.25) is 5.02 Å². The quantitative estimate of drug-likeness (QED) is 0.386. The predicted octanol–water partition coefficient (Wildman–Crippen LogP) is 4.14. The maximum absolute atomic E-state index is 11.9. The Morgan fingerprint density at radius 1 is 0.966 bits per heavy atom. The summed E-state index contributed by atoms with van der Waals surface area (Å²) in [5, 5.41) is 6.94. The number of nitrogens with zero attached hydrogens (tertiary/aromatic N) is 2. The summed E-state index contributed by atoms with van der Waals surface area (Å²) in [6, 6.07) is 16.7. The Labute approximate surface area is 174 Å². The van der Waals surface area contributed by atoms with Gasteiger partial charge in [0.25, 0.3) is 0 Å². The normalized spacial score (nSPS) is 10.9. The third-order valence-corrected chi connectivity index (χ3v) is 4.69. The van der Waals surface area contributed by atoms with Crippen LogP contribution >= 0.6 is 11.6 Å². The number of benzene rings is 2. The van der Waals surface area contributed by atoms with E-state index in [1.807, 2.05) is 26.8 Å². The molecule has 3 aromatic rings. The molecule has 2 aromatic carbocycles. The topological polar surface area (TPSA) is 75.5 Å². The number of amides is 2. The van der Waals surface area contributed by atoms with Crippen molar-refractivity contribution in [3.8, 4) is 5.69 Å². The number of nitrogens with one attached hydrogen (secondary N) is 2. The van der Waals surface area contributed by atoms with Crippen molar-refractivity contribution in [3.05, 3.63) is 82.1 Å². The molecule has 0 fully saturated rings. The molecule has 0 atom stereocenters. The van der Waals surface area contributed by atoms with Crippen molar-refractivity contribution in [2.24, 2.45) is 5.10 Å². The van der Waals surface area contributed by atoms with E-state index in [0.29, 0.717) is 10.7 Å². The second-order valence-electron chi connectivity index (χ2n) is 6.66. The summed E-state index contributed by atoms with van der Waals surface area (Å²) in [5.74, 6) is -1.67. The molecule has 2 amide bonds. The summed E-state index contributed by atoms with van der Waals surface area (Å²) in [4.78, 5) is 23.9. The van der Waals surface area contributed by atoms with Gasteiger partial charge in [-0.25, -0.2) is 5.43 Å². The molecule has 6 nitrogen and oxygen atoms in total. The van der Waals surface area contributed by atoms with Gasteiger partial charge in [-0.05, 0) is 63.2 Å². The Kier molecular flexibility index (Phi) is 6.14. The van der Waals surface area contributed by atoms with E-state index < -0.39 is 11.8 Å². The number of carbonyl (C=O) groups is 2. The van der Waals surface area contributed by atoms with E-state index in [-0.39, 0.29) is 0 Å². The van der Waals surface area contributed by atoms with Gasteiger partial charge in [0.15, 0.2) is 0 Å². The Morgan fingerprint density at radius 3 is 2.28 bits per heavy atom. The number of anilines is 1. The van der Waals surface area contributed by atoms with E-state index in [1.54, 1.807) is 24.3 Å². The van der Waals surface area contributed by atoms with Crippen LogP contribution in [0.15, 0.2) is 59.7 Å². The molecular formula is C22H21ClN4O2. The van der Waals surface area contributed by atoms with Crippen LogP contribution in [-0.4, -0.2) is 22.6 Å². The Morgan fingerprint density at radius 2 is 1.62 bits per heavy atom. The lowest BCUT2D eigenvalue weighted by molar-refractivity contribution is -0.136. The van der Waals surface area contributed by atoms with Crippen LogP contribution in [0.25, 0.3) is 5.69 Å². The van der Waals surface area contributed by atoms with Gasteiger partial charge < -0.3 is 9.88 Å². The van der Waals surface area contributed by atoms with Crippen LogP contribution in [0.1, 0.15) is 22.5 Å². The second-order valence-corrected chi connectivity index (χ2v) is 7.09. The van der Waals surface area contributed by atoms with Crippen molar-refractivity contribution < 1.29 is 9.59 Å². The smallest absolute Gasteiger partial charge is 0.318 e. The van der Waals surface area contributed by atoms with Gasteiger partial charge in [-0.15, -0.1) is 0 Å². The summed E-state index contributed by atoms with van der Waals surface area (Å²) in [5.41, 5.74) is 7.84. The van der Waals surface area contributed by atoms with Crippen LogP contribution in [0.5, 0.6) is 0 Å². The fourth-order valence-corrected chi connectivity index (χ4v) is 3.07. The number of halogens is 1. The second kappa shape index (κ2) is 8.75. The van der Waals surface area contributed by atoms with Crippen molar-refractivity contribution in [2.75, 3.05) is 5.32 Å². The molecule has 2 N–H and O–H groups in total. The molecule has 148 valence electrons. The first-order valence-corrected chi connectivity index (χ1v) is 9.39. The van der Waals surface area contributed by atoms with Gasteiger partial charge in [0.1, 0.15) is 0 Å². The van der Waals surface area contributed by atoms with Crippen LogP contribution in [0, 0.1) is 20.8 Å². The van der Waals surface area contributed by atoms with Crippen molar-refractivity contribution in [3.63, 3.8) is 0 Å². The monoisotopic (exact) mass is 408 g/mol. The van der Waals surface area contributed by atoms with Gasteiger partial charge in [-0.1, -0.05) is 29.3 Å². The molecule has 0 bridgehead atoms. The maximum atomic E-state index is 11.9. The SMILES string of the molecule is Cc1ccc(-n2c(C)cc(C=NNC(=O)C(=O)Nc3ccc(Cl)cc3)c2C)cc1. The number of rotatable bonds is 4. The number of aryl methyl sites for hydroxylation is 2. The van der Waals surface area contributed by atoms with Crippen molar-refractivity contribution in [1.82, 2.24) is 9.99 Å². The Bertz CT molecular complexity index is 1070. The lowest BCUT2D eigenvalue weighted by Crippen LogP contribution is -2.32. The van der Waals surface area contributed by atoms with Crippen LogP contribution in [0.4, 0.5) is 5.69 Å². The average molecular weight is 409 g/mol. The highest BCUT2D eigenvalue weighted by molar-refractivity contribution is 6.39. The lowest BCUT2D eigenvalue weighted by Gasteiger charge is -2.09. The lowest BCUT2D eigenvalue weighted by atomic mass is 10.2. The minimum absolute atomic E-state index is 0.472. The third-order valence-electron chi connectivity index (χ3n) is 4.44. The first kappa shape index (κ1) is 20.4. The molecule has 0 aliphatic carbocycles. The van der Waals surface area contributed by atoms with Gasteiger partial charge in [-0.2, -0.15) is 5.10 Å². The number of hydrogen-bond donors (Lipinski definition) is 2. The molecule has 0 radical (unpaired) electrons. The minimum Gasteiger partial charge on any atom is -0.318 e. The molecule has 1 heterocycles. The Hall–Kier alpha value is -3.38. The molecule has 0 spiro atoms. The fraction of sp³-hybridized carbons (Fsp3) is 0.136. The highest BCUT2D eigenvalue weighted by Gasteiger charge is 2.13. The molecule has 0 aliphatic rings. The van der Waals surface area contributed by atoms with Gasteiger partial charge in [0.2, 0.25) is 0 Å². The molecule has 0 saturated carbocycles. The van der Waals surface area contributed by atoms with E-state index in [0.717, 1.165) is 22.6 Å². The zero-order chi connectivity index (χ0) is 21.0.